The molecule has 0 bridgehead atoms. The van der Waals surface area contributed by atoms with Gasteiger partial charge in [-0.3, -0.25) is 0 Å². The van der Waals surface area contributed by atoms with Crippen LogP contribution >= 0.6 is 0 Å². The normalized spacial score (nSPS) is 28.6. The van der Waals surface area contributed by atoms with Crippen LogP contribution in [-0.2, 0) is 6.54 Å². The monoisotopic (exact) mass is 245 g/mol. The third-order valence-electron chi connectivity index (χ3n) is 4.43. The van der Waals surface area contributed by atoms with Crippen molar-refractivity contribution in [2.75, 3.05) is 0 Å². The van der Waals surface area contributed by atoms with Crippen LogP contribution in [0.4, 0.5) is 0 Å². The molecule has 0 spiro atoms. The van der Waals surface area contributed by atoms with Crippen molar-refractivity contribution in [3.63, 3.8) is 0 Å². The molecule has 3 atom stereocenters. The van der Waals surface area contributed by atoms with E-state index in [1.807, 2.05) is 0 Å². The summed E-state index contributed by atoms with van der Waals surface area (Å²) in [6, 6.07) is 11.5. The van der Waals surface area contributed by atoms with E-state index >= 15 is 0 Å². The van der Waals surface area contributed by atoms with Gasteiger partial charge in [-0.05, 0) is 36.2 Å². The summed E-state index contributed by atoms with van der Waals surface area (Å²) >= 11 is 0. The molecular formula is C17H27N. The first-order valence-corrected chi connectivity index (χ1v) is 7.44. The average molecular weight is 245 g/mol. The molecule has 0 aliphatic heterocycles. The average Bonchev–Trinajstić information content (AvgIpc) is 2.37. The lowest BCUT2D eigenvalue weighted by Crippen LogP contribution is -2.42. The number of hydrogen-bond acceptors (Lipinski definition) is 1. The van der Waals surface area contributed by atoms with Gasteiger partial charge in [0.2, 0.25) is 0 Å². The third kappa shape index (κ3) is 3.58. The lowest BCUT2D eigenvalue weighted by molar-refractivity contribution is 0.169. The van der Waals surface area contributed by atoms with Gasteiger partial charge in [0.1, 0.15) is 0 Å². The number of nitrogens with one attached hydrogen (secondary N) is 1. The van der Waals surface area contributed by atoms with E-state index in [4.69, 9.17) is 0 Å². The summed E-state index contributed by atoms with van der Waals surface area (Å²) in [6.07, 6.45) is 4.15. The fourth-order valence-corrected chi connectivity index (χ4v) is 3.28. The Bertz CT molecular complexity index is 344. The Hall–Kier alpha value is -0.820. The highest BCUT2D eigenvalue weighted by Gasteiger charge is 2.29. The molecule has 1 N–H and O–H groups in total. The standard InChI is InChI=1S/C17H27N/c1-13(2)16-10-9-14(3)11-17(16)18-12-15-7-5-4-6-8-15/h4-8,13-14,16-18H,9-12H2,1-3H3/t14-,16+,17-/m1/s1. The SMILES string of the molecule is CC(C)[C@@H]1CC[C@@H](C)C[C@H]1NCc1ccccc1. The summed E-state index contributed by atoms with van der Waals surface area (Å²) < 4.78 is 0. The Labute approximate surface area is 112 Å². The molecule has 1 aliphatic rings. The van der Waals surface area contributed by atoms with E-state index in [-0.39, 0.29) is 0 Å². The van der Waals surface area contributed by atoms with Crippen LogP contribution in [0.2, 0.25) is 0 Å². The summed E-state index contributed by atoms with van der Waals surface area (Å²) in [5, 5.41) is 3.80. The van der Waals surface area contributed by atoms with Crippen molar-refractivity contribution in [2.45, 2.75) is 52.6 Å². The quantitative estimate of drug-likeness (QED) is 0.836. The maximum atomic E-state index is 3.80. The molecule has 2 rings (SSSR count). The molecule has 1 saturated carbocycles. The van der Waals surface area contributed by atoms with Gasteiger partial charge in [-0.15, -0.1) is 0 Å². The maximum absolute atomic E-state index is 3.80. The summed E-state index contributed by atoms with van der Waals surface area (Å²) in [5.41, 5.74) is 1.40. The molecule has 0 amide bonds. The molecule has 1 nitrogen and oxygen atoms in total. The van der Waals surface area contributed by atoms with Crippen LogP contribution in [-0.4, -0.2) is 6.04 Å². The molecule has 0 aromatic heterocycles. The van der Waals surface area contributed by atoms with Crippen molar-refractivity contribution < 1.29 is 0 Å². The topological polar surface area (TPSA) is 12.0 Å². The molecule has 1 aromatic carbocycles. The van der Waals surface area contributed by atoms with Gasteiger partial charge in [-0.25, -0.2) is 0 Å². The van der Waals surface area contributed by atoms with Gasteiger partial charge < -0.3 is 5.32 Å². The van der Waals surface area contributed by atoms with Crippen molar-refractivity contribution in [2.24, 2.45) is 17.8 Å². The van der Waals surface area contributed by atoms with E-state index < -0.39 is 0 Å². The van der Waals surface area contributed by atoms with Crippen LogP contribution in [0.3, 0.4) is 0 Å². The van der Waals surface area contributed by atoms with Gasteiger partial charge in [-0.2, -0.15) is 0 Å². The van der Waals surface area contributed by atoms with E-state index in [1.165, 1.54) is 24.8 Å². The van der Waals surface area contributed by atoms with Crippen molar-refractivity contribution in [3.05, 3.63) is 35.9 Å². The molecule has 1 aromatic rings. The largest absolute Gasteiger partial charge is 0.310 e. The second kappa shape index (κ2) is 6.38. The van der Waals surface area contributed by atoms with Crippen LogP contribution in [0.1, 0.15) is 45.6 Å². The van der Waals surface area contributed by atoms with Gasteiger partial charge in [0.25, 0.3) is 0 Å². The molecule has 1 fully saturated rings. The van der Waals surface area contributed by atoms with E-state index in [2.05, 4.69) is 56.4 Å². The fraction of sp³-hybridized carbons (Fsp3) is 0.647. The maximum Gasteiger partial charge on any atom is 0.0208 e. The molecule has 0 heterocycles. The van der Waals surface area contributed by atoms with Crippen molar-refractivity contribution in [1.82, 2.24) is 5.32 Å². The van der Waals surface area contributed by atoms with Crippen LogP contribution in [0.5, 0.6) is 0 Å². The minimum Gasteiger partial charge on any atom is -0.310 e. The van der Waals surface area contributed by atoms with Crippen molar-refractivity contribution in [3.8, 4) is 0 Å². The first-order chi connectivity index (χ1) is 8.66. The molecule has 0 saturated heterocycles. The Balaban J connectivity index is 1.92. The van der Waals surface area contributed by atoms with Crippen molar-refractivity contribution >= 4 is 0 Å². The predicted octanol–water partition coefficient (Wildman–Crippen LogP) is 4.24. The highest BCUT2D eigenvalue weighted by molar-refractivity contribution is 5.14. The number of hydrogen-bond donors (Lipinski definition) is 1. The molecule has 1 heteroatoms. The van der Waals surface area contributed by atoms with Crippen LogP contribution in [0.25, 0.3) is 0 Å². The second-order valence-electron chi connectivity index (χ2n) is 6.30. The highest BCUT2D eigenvalue weighted by atomic mass is 14.9. The first-order valence-electron chi connectivity index (χ1n) is 7.44. The van der Waals surface area contributed by atoms with Gasteiger partial charge in [0.05, 0.1) is 0 Å². The molecule has 100 valence electrons. The molecule has 18 heavy (non-hydrogen) atoms. The van der Waals surface area contributed by atoms with Gasteiger partial charge in [0.15, 0.2) is 0 Å². The van der Waals surface area contributed by atoms with Gasteiger partial charge >= 0.3 is 0 Å². The lowest BCUT2D eigenvalue weighted by atomic mass is 9.74. The summed E-state index contributed by atoms with van der Waals surface area (Å²) in [4.78, 5) is 0. The smallest absolute Gasteiger partial charge is 0.0208 e. The zero-order valence-corrected chi connectivity index (χ0v) is 12.0. The Morgan fingerprint density at radius 1 is 1.17 bits per heavy atom. The predicted molar refractivity (Wildman–Crippen MR) is 78.4 cm³/mol. The van der Waals surface area contributed by atoms with Gasteiger partial charge in [-0.1, -0.05) is 57.5 Å². The Morgan fingerprint density at radius 2 is 1.89 bits per heavy atom. The second-order valence-corrected chi connectivity index (χ2v) is 6.30. The summed E-state index contributed by atoms with van der Waals surface area (Å²) in [6.45, 7) is 8.16. The van der Waals surface area contributed by atoms with E-state index in [0.29, 0.717) is 6.04 Å². The molecule has 0 unspecified atom stereocenters. The minimum absolute atomic E-state index is 0.703. The molecule has 0 radical (unpaired) electrons. The number of benzene rings is 1. The van der Waals surface area contributed by atoms with E-state index in [0.717, 1.165) is 24.3 Å². The van der Waals surface area contributed by atoms with Crippen LogP contribution in [0.15, 0.2) is 30.3 Å². The van der Waals surface area contributed by atoms with E-state index in [9.17, 15) is 0 Å². The molecule has 1 aliphatic carbocycles. The Morgan fingerprint density at radius 3 is 2.56 bits per heavy atom. The highest BCUT2D eigenvalue weighted by Crippen LogP contribution is 2.33. The third-order valence-corrected chi connectivity index (χ3v) is 4.43. The van der Waals surface area contributed by atoms with Gasteiger partial charge in [0, 0.05) is 12.6 Å². The van der Waals surface area contributed by atoms with Crippen molar-refractivity contribution in [1.29, 1.82) is 0 Å². The lowest BCUT2D eigenvalue weighted by Gasteiger charge is -2.38. The van der Waals surface area contributed by atoms with Crippen LogP contribution < -0.4 is 5.32 Å². The van der Waals surface area contributed by atoms with Crippen LogP contribution in [0, 0.1) is 17.8 Å². The zero-order valence-electron chi connectivity index (χ0n) is 12.0. The number of rotatable bonds is 4. The zero-order chi connectivity index (χ0) is 13.0. The summed E-state index contributed by atoms with van der Waals surface area (Å²) in [7, 11) is 0. The minimum atomic E-state index is 0.703. The first kappa shape index (κ1) is 13.6. The summed E-state index contributed by atoms with van der Waals surface area (Å²) in [5.74, 6) is 2.53. The van der Waals surface area contributed by atoms with E-state index in [1.54, 1.807) is 0 Å². The molecular weight excluding hydrogens is 218 g/mol. The Kier molecular flexibility index (Phi) is 4.82. The fourth-order valence-electron chi connectivity index (χ4n) is 3.28.